The number of carbonyl (C=O) groups is 1. The first-order valence-corrected chi connectivity index (χ1v) is 6.64. The maximum atomic E-state index is 11.6. The van der Waals surface area contributed by atoms with Crippen molar-refractivity contribution < 1.29 is 9.53 Å². The van der Waals surface area contributed by atoms with Gasteiger partial charge in [-0.1, -0.05) is 6.92 Å². The van der Waals surface area contributed by atoms with E-state index in [2.05, 4.69) is 27.5 Å². The van der Waals surface area contributed by atoms with Crippen molar-refractivity contribution in [3.63, 3.8) is 0 Å². The number of likely N-dealkylation sites (N-methyl/N-ethyl adjacent to an activating group) is 1. The van der Waals surface area contributed by atoms with Gasteiger partial charge in [0.05, 0.1) is 6.54 Å². The fraction of sp³-hybridized carbons (Fsp3) is 0.615. The lowest BCUT2D eigenvalue weighted by atomic mass is 10.3. The second-order valence-corrected chi connectivity index (χ2v) is 4.31. The molecule has 0 bridgehead atoms. The van der Waals surface area contributed by atoms with Crippen LogP contribution in [0, 0.1) is 0 Å². The van der Waals surface area contributed by atoms with Gasteiger partial charge in [0.15, 0.2) is 5.82 Å². The average molecular weight is 281 g/mol. The smallest absolute Gasteiger partial charge is 0.239 e. The van der Waals surface area contributed by atoms with Crippen LogP contribution in [0.5, 0.6) is 0 Å². The van der Waals surface area contributed by atoms with Crippen molar-refractivity contribution in [2.75, 3.05) is 44.5 Å². The Balaban J connectivity index is 3.03. The number of methoxy groups -OCH3 is 1. The molecule has 0 saturated heterocycles. The number of hydrogen-bond acceptors (Lipinski definition) is 6. The summed E-state index contributed by atoms with van der Waals surface area (Å²) >= 11 is 0. The number of nitrogens with zero attached hydrogens (tertiary/aromatic N) is 3. The average Bonchev–Trinajstić information content (AvgIpc) is 2.46. The summed E-state index contributed by atoms with van der Waals surface area (Å²) in [7, 11) is 5.02. The van der Waals surface area contributed by atoms with Gasteiger partial charge in [0.25, 0.3) is 0 Å². The summed E-state index contributed by atoms with van der Waals surface area (Å²) in [6, 6.07) is 1.83. The molecule has 0 aliphatic carbocycles. The highest BCUT2D eigenvalue weighted by Crippen LogP contribution is 2.16. The van der Waals surface area contributed by atoms with E-state index < -0.39 is 0 Å². The second kappa shape index (κ2) is 8.31. The van der Waals surface area contributed by atoms with Crippen LogP contribution in [0.1, 0.15) is 19.2 Å². The van der Waals surface area contributed by atoms with Crippen LogP contribution < -0.4 is 15.5 Å². The van der Waals surface area contributed by atoms with E-state index in [-0.39, 0.29) is 12.5 Å². The highest BCUT2D eigenvalue weighted by molar-refractivity contribution is 5.80. The van der Waals surface area contributed by atoms with Gasteiger partial charge < -0.3 is 20.3 Å². The van der Waals surface area contributed by atoms with Gasteiger partial charge in [-0.25, -0.2) is 9.97 Å². The third-order valence-corrected chi connectivity index (χ3v) is 2.72. The van der Waals surface area contributed by atoms with Crippen LogP contribution in [0.25, 0.3) is 0 Å². The lowest BCUT2D eigenvalue weighted by Crippen LogP contribution is -2.36. The first-order valence-electron chi connectivity index (χ1n) is 6.64. The van der Waals surface area contributed by atoms with E-state index in [9.17, 15) is 4.79 Å². The van der Waals surface area contributed by atoms with Crippen molar-refractivity contribution in [2.45, 2.75) is 20.0 Å². The summed E-state index contributed by atoms with van der Waals surface area (Å²) in [5, 5.41) is 5.62. The number of anilines is 2. The predicted octanol–water partition coefficient (Wildman–Crippen LogP) is 0.627. The van der Waals surface area contributed by atoms with Crippen LogP contribution in [0.15, 0.2) is 6.07 Å². The van der Waals surface area contributed by atoms with Crippen molar-refractivity contribution in [3.05, 3.63) is 11.9 Å². The van der Waals surface area contributed by atoms with Crippen molar-refractivity contribution in [1.82, 2.24) is 15.3 Å². The molecule has 1 amide bonds. The Labute approximate surface area is 119 Å². The summed E-state index contributed by atoms with van der Waals surface area (Å²) in [5.41, 5.74) is 0. The number of nitrogens with one attached hydrogen (secondary N) is 2. The third kappa shape index (κ3) is 4.65. The highest BCUT2D eigenvalue weighted by Gasteiger charge is 2.13. The summed E-state index contributed by atoms with van der Waals surface area (Å²) < 4.78 is 5.07. The van der Waals surface area contributed by atoms with Crippen molar-refractivity contribution in [3.8, 4) is 0 Å². The molecular formula is C13H23N5O2. The first-order chi connectivity index (χ1) is 9.64. The Morgan fingerprint density at radius 2 is 2.15 bits per heavy atom. The number of ether oxygens (including phenoxy) is 1. The minimum atomic E-state index is -0.0450. The van der Waals surface area contributed by atoms with Crippen molar-refractivity contribution >= 4 is 17.5 Å². The molecule has 0 spiro atoms. The molecule has 2 N–H and O–H groups in total. The molecule has 0 unspecified atom stereocenters. The highest BCUT2D eigenvalue weighted by atomic mass is 16.5. The Kier molecular flexibility index (Phi) is 6.72. The van der Waals surface area contributed by atoms with E-state index in [1.54, 1.807) is 21.2 Å². The minimum Gasteiger partial charge on any atom is -0.377 e. The van der Waals surface area contributed by atoms with Crippen LogP contribution in [0.3, 0.4) is 0 Å². The molecule has 112 valence electrons. The van der Waals surface area contributed by atoms with Gasteiger partial charge in [-0.3, -0.25) is 4.79 Å². The fourth-order valence-corrected chi connectivity index (χ4v) is 1.76. The summed E-state index contributed by atoms with van der Waals surface area (Å²) in [4.78, 5) is 22.3. The van der Waals surface area contributed by atoms with E-state index in [0.717, 1.165) is 18.8 Å². The molecule has 0 aliphatic heterocycles. The monoisotopic (exact) mass is 281 g/mol. The van der Waals surface area contributed by atoms with Gasteiger partial charge in [0.1, 0.15) is 18.2 Å². The number of amides is 1. The molecule has 20 heavy (non-hydrogen) atoms. The van der Waals surface area contributed by atoms with Crippen LogP contribution in [0.4, 0.5) is 11.6 Å². The zero-order chi connectivity index (χ0) is 15.0. The normalized spacial score (nSPS) is 10.2. The standard InChI is InChI=1S/C13H23N5O2/c1-5-6-18(8-13(19)15-3)12-7-10(14-2)16-11(17-12)9-20-4/h7H,5-6,8-9H2,1-4H3,(H,15,19)(H,14,16,17). The second-order valence-electron chi connectivity index (χ2n) is 4.31. The zero-order valence-corrected chi connectivity index (χ0v) is 12.6. The summed E-state index contributed by atoms with van der Waals surface area (Å²) in [5.74, 6) is 1.98. The number of rotatable bonds is 8. The Bertz CT molecular complexity index is 439. The largest absolute Gasteiger partial charge is 0.377 e. The van der Waals surface area contributed by atoms with Gasteiger partial charge in [-0.15, -0.1) is 0 Å². The molecule has 0 aromatic carbocycles. The third-order valence-electron chi connectivity index (χ3n) is 2.72. The quantitative estimate of drug-likeness (QED) is 0.727. The lowest BCUT2D eigenvalue weighted by molar-refractivity contribution is -0.119. The van der Waals surface area contributed by atoms with Crippen LogP contribution in [0.2, 0.25) is 0 Å². The van der Waals surface area contributed by atoms with Gasteiger partial charge in [-0.2, -0.15) is 0 Å². The van der Waals surface area contributed by atoms with Gasteiger partial charge in [-0.05, 0) is 6.42 Å². The van der Waals surface area contributed by atoms with Crippen molar-refractivity contribution in [1.29, 1.82) is 0 Å². The summed E-state index contributed by atoms with van der Waals surface area (Å²) in [6.07, 6.45) is 0.926. The Morgan fingerprint density at radius 1 is 1.40 bits per heavy atom. The molecule has 7 nitrogen and oxygen atoms in total. The SMILES string of the molecule is CCCN(CC(=O)NC)c1cc(NC)nc(COC)n1. The lowest BCUT2D eigenvalue weighted by Gasteiger charge is -2.23. The maximum Gasteiger partial charge on any atom is 0.239 e. The van der Waals surface area contributed by atoms with Gasteiger partial charge in [0.2, 0.25) is 5.91 Å². The van der Waals surface area contributed by atoms with E-state index in [0.29, 0.717) is 18.2 Å². The number of carbonyl (C=O) groups excluding carboxylic acids is 1. The molecule has 0 saturated carbocycles. The van der Waals surface area contributed by atoms with E-state index >= 15 is 0 Å². The molecule has 0 aliphatic rings. The van der Waals surface area contributed by atoms with Crippen LogP contribution in [-0.4, -0.2) is 50.2 Å². The Hall–Kier alpha value is -1.89. The molecule has 0 radical (unpaired) electrons. The minimum absolute atomic E-state index is 0.0450. The predicted molar refractivity (Wildman–Crippen MR) is 78.9 cm³/mol. The van der Waals surface area contributed by atoms with Crippen LogP contribution in [-0.2, 0) is 16.1 Å². The van der Waals surface area contributed by atoms with E-state index in [1.165, 1.54) is 0 Å². The number of aromatic nitrogens is 2. The topological polar surface area (TPSA) is 79.4 Å². The van der Waals surface area contributed by atoms with E-state index in [4.69, 9.17) is 4.74 Å². The first kappa shape index (κ1) is 16.2. The van der Waals surface area contributed by atoms with Crippen LogP contribution >= 0.6 is 0 Å². The van der Waals surface area contributed by atoms with Gasteiger partial charge in [0, 0.05) is 33.8 Å². The van der Waals surface area contributed by atoms with E-state index in [1.807, 2.05) is 11.0 Å². The molecular weight excluding hydrogens is 258 g/mol. The van der Waals surface area contributed by atoms with Gasteiger partial charge >= 0.3 is 0 Å². The molecule has 7 heteroatoms. The molecule has 1 aromatic heterocycles. The number of hydrogen-bond donors (Lipinski definition) is 2. The Morgan fingerprint density at radius 3 is 2.70 bits per heavy atom. The molecule has 1 rings (SSSR count). The van der Waals surface area contributed by atoms with Crippen molar-refractivity contribution in [2.24, 2.45) is 0 Å². The maximum absolute atomic E-state index is 11.6. The molecule has 0 fully saturated rings. The fourth-order valence-electron chi connectivity index (χ4n) is 1.76. The molecule has 0 atom stereocenters. The summed E-state index contributed by atoms with van der Waals surface area (Å²) in [6.45, 7) is 3.42. The zero-order valence-electron chi connectivity index (χ0n) is 12.6. The molecule has 1 aromatic rings. The molecule has 1 heterocycles.